The molecule has 1 N–H and O–H groups in total. The highest BCUT2D eigenvalue weighted by atomic mass is 16.5. The van der Waals surface area contributed by atoms with Crippen molar-refractivity contribution in [2.75, 3.05) is 7.11 Å². The van der Waals surface area contributed by atoms with Gasteiger partial charge in [0.25, 0.3) is 0 Å². The number of carbonyl (C=O) groups excluding carboxylic acids is 2. The van der Waals surface area contributed by atoms with Gasteiger partial charge in [-0.2, -0.15) is 0 Å². The van der Waals surface area contributed by atoms with Crippen LogP contribution in [0.5, 0.6) is 5.75 Å². The lowest BCUT2D eigenvalue weighted by molar-refractivity contribution is -0.145. The van der Waals surface area contributed by atoms with Gasteiger partial charge < -0.3 is 14.8 Å². The van der Waals surface area contributed by atoms with Crippen molar-refractivity contribution in [2.24, 2.45) is 0 Å². The van der Waals surface area contributed by atoms with Gasteiger partial charge in [-0.25, -0.2) is 4.79 Å². The van der Waals surface area contributed by atoms with Gasteiger partial charge in [0.05, 0.1) is 13.5 Å². The van der Waals surface area contributed by atoms with Gasteiger partial charge in [0.1, 0.15) is 18.4 Å². The summed E-state index contributed by atoms with van der Waals surface area (Å²) in [6.07, 6.45) is 0.548. The van der Waals surface area contributed by atoms with Crippen molar-refractivity contribution < 1.29 is 19.1 Å². The fourth-order valence-electron chi connectivity index (χ4n) is 3.06. The Balaban J connectivity index is 1.57. The quantitative estimate of drug-likeness (QED) is 0.553. The zero-order chi connectivity index (χ0) is 21.2. The number of nitrogens with one attached hydrogen (secondary N) is 1. The molecule has 0 spiro atoms. The predicted molar refractivity (Wildman–Crippen MR) is 115 cm³/mol. The van der Waals surface area contributed by atoms with Gasteiger partial charge in [-0.05, 0) is 28.8 Å². The Kier molecular flexibility index (Phi) is 7.61. The number of hydrogen-bond donors (Lipinski definition) is 1. The van der Waals surface area contributed by atoms with Crippen LogP contribution in [0.15, 0.2) is 84.9 Å². The molecule has 0 heterocycles. The third-order valence-corrected chi connectivity index (χ3v) is 4.64. The van der Waals surface area contributed by atoms with E-state index in [0.717, 1.165) is 22.4 Å². The largest absolute Gasteiger partial charge is 0.489 e. The molecule has 0 saturated carbocycles. The average Bonchev–Trinajstić information content (AvgIpc) is 2.79. The minimum atomic E-state index is -0.748. The van der Waals surface area contributed by atoms with Gasteiger partial charge in [-0.3, -0.25) is 4.79 Å². The highest BCUT2D eigenvalue weighted by molar-refractivity contribution is 5.85. The predicted octanol–water partition coefficient (Wildman–Crippen LogP) is 3.71. The molecule has 3 rings (SSSR count). The van der Waals surface area contributed by atoms with Gasteiger partial charge in [-0.15, -0.1) is 0 Å². The molecular weight excluding hydrogens is 378 g/mol. The van der Waals surface area contributed by atoms with Crippen LogP contribution in [0.3, 0.4) is 0 Å². The molecule has 30 heavy (non-hydrogen) atoms. The van der Waals surface area contributed by atoms with Crippen molar-refractivity contribution in [3.05, 3.63) is 102 Å². The first-order chi connectivity index (χ1) is 14.6. The van der Waals surface area contributed by atoms with E-state index in [-0.39, 0.29) is 12.3 Å². The van der Waals surface area contributed by atoms with E-state index < -0.39 is 12.0 Å². The first-order valence-corrected chi connectivity index (χ1v) is 9.81. The molecule has 0 unspecified atom stereocenters. The van der Waals surface area contributed by atoms with E-state index >= 15 is 0 Å². The lowest BCUT2D eigenvalue weighted by atomic mass is 10.0. The van der Waals surface area contributed by atoms with Crippen molar-refractivity contribution in [1.82, 2.24) is 5.32 Å². The van der Waals surface area contributed by atoms with E-state index in [1.54, 1.807) is 0 Å². The fourth-order valence-corrected chi connectivity index (χ4v) is 3.06. The molecule has 0 aliphatic rings. The summed E-state index contributed by atoms with van der Waals surface area (Å²) in [4.78, 5) is 24.5. The molecular formula is C25H25NO4. The van der Waals surface area contributed by atoms with E-state index in [1.165, 1.54) is 7.11 Å². The molecule has 154 valence electrons. The molecule has 0 fully saturated rings. The number of methoxy groups -OCH3 is 1. The number of amides is 1. The summed E-state index contributed by atoms with van der Waals surface area (Å²) in [5.74, 6) is 0.0468. The van der Waals surface area contributed by atoms with Crippen molar-refractivity contribution in [1.29, 1.82) is 0 Å². The van der Waals surface area contributed by atoms with Gasteiger partial charge in [0.2, 0.25) is 5.91 Å². The molecule has 5 heteroatoms. The zero-order valence-electron chi connectivity index (χ0n) is 16.9. The summed E-state index contributed by atoms with van der Waals surface area (Å²) in [6.45, 7) is 0.487. The summed E-state index contributed by atoms with van der Waals surface area (Å²) in [5, 5.41) is 2.78. The molecule has 1 amide bonds. The van der Waals surface area contributed by atoms with Gasteiger partial charge in [0.15, 0.2) is 0 Å². The Bertz CT molecular complexity index is 940. The average molecular weight is 403 g/mol. The Morgan fingerprint density at radius 3 is 2.00 bits per heavy atom. The van der Waals surface area contributed by atoms with Gasteiger partial charge >= 0.3 is 5.97 Å². The first kappa shape index (κ1) is 21.1. The second-order valence-corrected chi connectivity index (χ2v) is 6.93. The number of esters is 1. The molecule has 0 radical (unpaired) electrons. The fraction of sp³-hybridized carbons (Fsp3) is 0.200. The van der Waals surface area contributed by atoms with E-state index in [0.29, 0.717) is 13.0 Å². The second kappa shape index (κ2) is 10.8. The Morgan fingerprint density at radius 2 is 1.40 bits per heavy atom. The Hall–Kier alpha value is -3.60. The maximum absolute atomic E-state index is 12.4. The Labute approximate surface area is 176 Å². The van der Waals surface area contributed by atoms with Gasteiger partial charge in [0, 0.05) is 6.42 Å². The number of ether oxygens (including phenoxy) is 2. The maximum atomic E-state index is 12.4. The van der Waals surface area contributed by atoms with Crippen LogP contribution in [0.4, 0.5) is 0 Å². The summed E-state index contributed by atoms with van der Waals surface area (Å²) in [7, 11) is 1.32. The molecule has 1 atom stereocenters. The minimum absolute atomic E-state index is 0.209. The number of benzene rings is 3. The third kappa shape index (κ3) is 6.48. The molecule has 0 saturated heterocycles. The molecule has 3 aromatic carbocycles. The number of carbonyl (C=O) groups is 2. The molecule has 3 aromatic rings. The van der Waals surface area contributed by atoms with Crippen LogP contribution in [-0.2, 0) is 33.8 Å². The highest BCUT2D eigenvalue weighted by Crippen LogP contribution is 2.16. The van der Waals surface area contributed by atoms with E-state index in [2.05, 4.69) is 5.32 Å². The van der Waals surface area contributed by atoms with Crippen molar-refractivity contribution >= 4 is 11.9 Å². The first-order valence-electron chi connectivity index (χ1n) is 9.81. The summed E-state index contributed by atoms with van der Waals surface area (Å²) in [5.41, 5.74) is 2.88. The molecule has 5 nitrogen and oxygen atoms in total. The van der Waals surface area contributed by atoms with E-state index in [9.17, 15) is 9.59 Å². The van der Waals surface area contributed by atoms with Crippen molar-refractivity contribution in [2.45, 2.75) is 25.5 Å². The zero-order valence-corrected chi connectivity index (χ0v) is 16.9. The summed E-state index contributed by atoms with van der Waals surface area (Å²) >= 11 is 0. The monoisotopic (exact) mass is 403 g/mol. The molecule has 0 aliphatic heterocycles. The van der Waals surface area contributed by atoms with Crippen LogP contribution in [0.1, 0.15) is 16.7 Å². The van der Waals surface area contributed by atoms with Crippen molar-refractivity contribution in [3.8, 4) is 5.75 Å². The standard InChI is InChI=1S/C25H25NO4/c1-29-25(28)23(26-24(27)17-19-8-4-2-5-9-19)16-20-12-14-22(15-13-20)30-18-21-10-6-3-7-11-21/h2-15,23H,16-18H2,1H3,(H,26,27)/t23-/m1/s1. The molecule has 0 aromatic heterocycles. The lowest BCUT2D eigenvalue weighted by Crippen LogP contribution is -2.43. The highest BCUT2D eigenvalue weighted by Gasteiger charge is 2.22. The maximum Gasteiger partial charge on any atom is 0.328 e. The second-order valence-electron chi connectivity index (χ2n) is 6.93. The minimum Gasteiger partial charge on any atom is -0.489 e. The molecule has 0 aliphatic carbocycles. The van der Waals surface area contributed by atoms with Gasteiger partial charge in [-0.1, -0.05) is 72.8 Å². The lowest BCUT2D eigenvalue weighted by Gasteiger charge is -2.17. The van der Waals surface area contributed by atoms with Crippen LogP contribution in [0.25, 0.3) is 0 Å². The van der Waals surface area contributed by atoms with Crippen LogP contribution in [-0.4, -0.2) is 25.0 Å². The molecule has 0 bridgehead atoms. The SMILES string of the molecule is COC(=O)[C@@H](Cc1ccc(OCc2ccccc2)cc1)NC(=O)Cc1ccccc1. The Morgan fingerprint density at radius 1 is 0.800 bits per heavy atom. The van der Waals surface area contributed by atoms with Crippen LogP contribution in [0.2, 0.25) is 0 Å². The van der Waals surface area contributed by atoms with Crippen LogP contribution < -0.4 is 10.1 Å². The van der Waals surface area contributed by atoms with Crippen LogP contribution >= 0.6 is 0 Å². The normalized spacial score (nSPS) is 11.4. The summed E-state index contributed by atoms with van der Waals surface area (Å²) < 4.78 is 10.7. The van der Waals surface area contributed by atoms with Crippen molar-refractivity contribution in [3.63, 3.8) is 0 Å². The topological polar surface area (TPSA) is 64.6 Å². The number of hydrogen-bond acceptors (Lipinski definition) is 4. The van der Waals surface area contributed by atoms with E-state index in [4.69, 9.17) is 9.47 Å². The number of rotatable bonds is 9. The summed E-state index contributed by atoms with van der Waals surface area (Å²) in [6, 6.07) is 26.1. The smallest absolute Gasteiger partial charge is 0.328 e. The third-order valence-electron chi connectivity index (χ3n) is 4.64. The van der Waals surface area contributed by atoms with Crippen LogP contribution in [0, 0.1) is 0 Å². The van der Waals surface area contributed by atoms with E-state index in [1.807, 2.05) is 84.9 Å².